The Morgan fingerprint density at radius 1 is 0.633 bits per heavy atom. The van der Waals surface area contributed by atoms with E-state index in [9.17, 15) is 14.4 Å². The number of carbonyl (C=O) groups is 2. The van der Waals surface area contributed by atoms with Gasteiger partial charge >= 0.3 is 11.9 Å². The highest BCUT2D eigenvalue weighted by Crippen LogP contribution is 2.14. The molecule has 30 heavy (non-hydrogen) atoms. The molecule has 5 heteroatoms. The van der Waals surface area contributed by atoms with E-state index in [-0.39, 0.29) is 17.5 Å². The molecule has 5 nitrogen and oxygen atoms in total. The van der Waals surface area contributed by atoms with E-state index in [1.807, 2.05) is 0 Å². The number of esters is 2. The van der Waals surface area contributed by atoms with Crippen LogP contribution in [0.5, 0.6) is 11.5 Å². The van der Waals surface area contributed by atoms with E-state index in [0.29, 0.717) is 12.8 Å². The van der Waals surface area contributed by atoms with E-state index < -0.39 is 11.4 Å². The number of ether oxygens (including phenoxy) is 2. The lowest BCUT2D eigenvalue weighted by atomic mass is 10.1. The first-order valence-corrected chi connectivity index (χ1v) is 11.6. The van der Waals surface area contributed by atoms with Gasteiger partial charge in [-0.05, 0) is 37.1 Å². The molecule has 1 aromatic rings. The molecule has 0 unspecified atom stereocenters. The lowest BCUT2D eigenvalue weighted by Crippen LogP contribution is -2.12. The molecule has 0 aliphatic heterocycles. The normalized spacial score (nSPS) is 10.6. The van der Waals surface area contributed by atoms with Crippen LogP contribution in [0.25, 0.3) is 0 Å². The number of hydrogen-bond donors (Lipinski definition) is 0. The highest BCUT2D eigenvalue weighted by molar-refractivity contribution is 5.73. The van der Waals surface area contributed by atoms with Gasteiger partial charge in [0.25, 0.3) is 0 Å². The molecule has 0 saturated carbocycles. The van der Waals surface area contributed by atoms with Gasteiger partial charge in [-0.3, -0.25) is 14.4 Å². The fourth-order valence-electron chi connectivity index (χ4n) is 3.14. The average Bonchev–Trinajstić information content (AvgIpc) is 2.89. The molecule has 0 heterocycles. The van der Waals surface area contributed by atoms with Gasteiger partial charge in [0.05, 0.1) is 0 Å². The smallest absolute Gasteiger partial charge is 0.311 e. The highest BCUT2D eigenvalue weighted by atomic mass is 16.5. The summed E-state index contributed by atoms with van der Waals surface area (Å²) in [6.07, 6.45) is 13.7. The van der Waals surface area contributed by atoms with Crippen molar-refractivity contribution in [1.82, 2.24) is 0 Å². The third-order valence-corrected chi connectivity index (χ3v) is 4.97. The quantitative estimate of drug-likeness (QED) is 0.231. The Hall–Kier alpha value is -2.17. The molecular weight excluding hydrogens is 380 g/mol. The monoisotopic (exact) mass is 418 g/mol. The van der Waals surface area contributed by atoms with Gasteiger partial charge in [0, 0.05) is 12.8 Å². The first-order valence-electron chi connectivity index (χ1n) is 11.6. The zero-order valence-corrected chi connectivity index (χ0v) is 18.8. The SMILES string of the molecule is CCCCCCCCCC(=O)Oc1ccc(OC(=O)CCCCCCC)c(=O)cc1. The predicted molar refractivity (Wildman–Crippen MR) is 120 cm³/mol. The van der Waals surface area contributed by atoms with Crippen LogP contribution in [0.4, 0.5) is 0 Å². The molecule has 0 aliphatic rings. The summed E-state index contributed by atoms with van der Waals surface area (Å²) < 4.78 is 10.5. The van der Waals surface area contributed by atoms with Crippen molar-refractivity contribution in [3.05, 3.63) is 34.5 Å². The van der Waals surface area contributed by atoms with Crippen LogP contribution in [0, 0.1) is 0 Å². The van der Waals surface area contributed by atoms with Crippen molar-refractivity contribution in [1.29, 1.82) is 0 Å². The predicted octanol–water partition coefficient (Wildman–Crippen LogP) is 6.36. The van der Waals surface area contributed by atoms with Crippen molar-refractivity contribution >= 4 is 11.9 Å². The van der Waals surface area contributed by atoms with Crippen LogP contribution in [-0.4, -0.2) is 11.9 Å². The Morgan fingerprint density at radius 3 is 1.67 bits per heavy atom. The summed E-state index contributed by atoms with van der Waals surface area (Å²) in [4.78, 5) is 36.1. The van der Waals surface area contributed by atoms with Gasteiger partial charge in [0.15, 0.2) is 5.75 Å². The molecule has 0 amide bonds. The number of carbonyl (C=O) groups excluding carboxylic acids is 2. The van der Waals surface area contributed by atoms with Crippen molar-refractivity contribution in [2.45, 2.75) is 104 Å². The van der Waals surface area contributed by atoms with E-state index in [1.165, 1.54) is 49.9 Å². The first-order chi connectivity index (χ1) is 14.6. The fraction of sp³-hybridized carbons (Fsp3) is 0.640. The van der Waals surface area contributed by atoms with Crippen molar-refractivity contribution in [3.63, 3.8) is 0 Å². The third kappa shape index (κ3) is 12.4. The van der Waals surface area contributed by atoms with Crippen molar-refractivity contribution < 1.29 is 19.1 Å². The Morgan fingerprint density at radius 2 is 1.10 bits per heavy atom. The number of rotatable bonds is 16. The Labute approximate surface area is 181 Å². The van der Waals surface area contributed by atoms with Crippen molar-refractivity contribution in [3.8, 4) is 11.5 Å². The second kappa shape index (κ2) is 16.6. The van der Waals surface area contributed by atoms with Crippen molar-refractivity contribution in [2.75, 3.05) is 0 Å². The summed E-state index contributed by atoms with van der Waals surface area (Å²) in [5.74, 6) is -0.482. The van der Waals surface area contributed by atoms with Gasteiger partial charge in [-0.25, -0.2) is 0 Å². The molecule has 0 aromatic heterocycles. The van der Waals surface area contributed by atoms with Gasteiger partial charge < -0.3 is 9.47 Å². The zero-order chi connectivity index (χ0) is 22.0. The van der Waals surface area contributed by atoms with Gasteiger partial charge in [0.2, 0.25) is 5.43 Å². The summed E-state index contributed by atoms with van der Waals surface area (Å²) in [7, 11) is 0. The van der Waals surface area contributed by atoms with E-state index in [1.54, 1.807) is 0 Å². The standard InChI is InChI=1S/C25H38O5/c1-3-5-7-9-10-12-14-15-24(27)29-21-17-19-22(26)23(20-18-21)30-25(28)16-13-11-8-6-4-2/h17-20H,3-16H2,1-2H3. The summed E-state index contributed by atoms with van der Waals surface area (Å²) in [5.41, 5.74) is -0.413. The molecule has 0 N–H and O–H groups in total. The third-order valence-electron chi connectivity index (χ3n) is 4.97. The van der Waals surface area contributed by atoms with Gasteiger partial charge in [-0.15, -0.1) is 0 Å². The summed E-state index contributed by atoms with van der Waals surface area (Å²) in [5, 5.41) is 0. The molecule has 0 atom stereocenters. The largest absolute Gasteiger partial charge is 0.427 e. The summed E-state index contributed by atoms with van der Waals surface area (Å²) in [6, 6.07) is 5.59. The van der Waals surface area contributed by atoms with Crippen LogP contribution in [0.2, 0.25) is 0 Å². The second-order valence-corrected chi connectivity index (χ2v) is 7.78. The zero-order valence-electron chi connectivity index (χ0n) is 18.8. The molecular formula is C25H38O5. The van der Waals surface area contributed by atoms with E-state index in [4.69, 9.17) is 9.47 Å². The molecule has 0 saturated heterocycles. The van der Waals surface area contributed by atoms with E-state index in [0.717, 1.165) is 51.4 Å². The second-order valence-electron chi connectivity index (χ2n) is 7.78. The van der Waals surface area contributed by atoms with Crippen LogP contribution in [0.15, 0.2) is 29.1 Å². The Bertz CT molecular complexity index is 683. The molecule has 1 aromatic carbocycles. The molecule has 0 spiro atoms. The van der Waals surface area contributed by atoms with Crippen LogP contribution in [-0.2, 0) is 9.59 Å². The van der Waals surface area contributed by atoms with Crippen molar-refractivity contribution in [2.24, 2.45) is 0 Å². The maximum atomic E-state index is 12.1. The fourth-order valence-corrected chi connectivity index (χ4v) is 3.14. The van der Waals surface area contributed by atoms with Crippen LogP contribution in [0.3, 0.4) is 0 Å². The van der Waals surface area contributed by atoms with Crippen LogP contribution < -0.4 is 14.9 Å². The maximum absolute atomic E-state index is 12.1. The van der Waals surface area contributed by atoms with Gasteiger partial charge in [-0.1, -0.05) is 78.1 Å². The minimum atomic E-state index is -0.413. The van der Waals surface area contributed by atoms with E-state index in [2.05, 4.69) is 13.8 Å². The molecule has 168 valence electrons. The summed E-state index contributed by atoms with van der Waals surface area (Å²) >= 11 is 0. The van der Waals surface area contributed by atoms with E-state index >= 15 is 0 Å². The highest BCUT2D eigenvalue weighted by Gasteiger charge is 2.09. The Balaban J connectivity index is 2.40. The molecule has 0 aliphatic carbocycles. The molecule has 1 rings (SSSR count). The first kappa shape index (κ1) is 25.9. The van der Waals surface area contributed by atoms with Gasteiger partial charge in [0.1, 0.15) is 5.75 Å². The lowest BCUT2D eigenvalue weighted by Gasteiger charge is -2.03. The van der Waals surface area contributed by atoms with Gasteiger partial charge in [-0.2, -0.15) is 0 Å². The summed E-state index contributed by atoms with van der Waals surface area (Å²) in [6.45, 7) is 4.33. The maximum Gasteiger partial charge on any atom is 0.311 e. The molecule has 0 bridgehead atoms. The molecule has 0 fully saturated rings. The average molecular weight is 419 g/mol. The van der Waals surface area contributed by atoms with Crippen LogP contribution in [0.1, 0.15) is 104 Å². The molecule has 0 radical (unpaired) electrons. The lowest BCUT2D eigenvalue weighted by molar-refractivity contribution is -0.135. The minimum Gasteiger partial charge on any atom is -0.427 e. The minimum absolute atomic E-state index is 0.0389. The Kier molecular flexibility index (Phi) is 14.3. The van der Waals surface area contributed by atoms with Crippen LogP contribution >= 0.6 is 0 Å². The number of hydrogen-bond acceptors (Lipinski definition) is 5. The number of unbranched alkanes of at least 4 members (excludes halogenated alkanes) is 10. The topological polar surface area (TPSA) is 69.7 Å².